The first-order valence-corrected chi connectivity index (χ1v) is 8.01. The van der Waals surface area contributed by atoms with Crippen molar-refractivity contribution >= 4 is 32.4 Å². The summed E-state index contributed by atoms with van der Waals surface area (Å²) in [5.41, 5.74) is 6.34. The molecule has 0 bridgehead atoms. The first kappa shape index (κ1) is 14.0. The van der Waals surface area contributed by atoms with Gasteiger partial charge in [0.15, 0.2) is 0 Å². The number of nitrogen functional groups attached to an aromatic ring is 1. The van der Waals surface area contributed by atoms with Gasteiger partial charge in [-0.2, -0.15) is 0 Å². The molecule has 1 atom stereocenters. The summed E-state index contributed by atoms with van der Waals surface area (Å²) in [5.74, 6) is 0.641. The van der Waals surface area contributed by atoms with Crippen LogP contribution >= 0.6 is 15.9 Å². The molecule has 1 aliphatic heterocycles. The molecule has 0 aromatic heterocycles. The molecule has 4 nitrogen and oxygen atoms in total. The number of morpholine rings is 1. The summed E-state index contributed by atoms with van der Waals surface area (Å²) >= 11 is 3.41. The van der Waals surface area contributed by atoms with E-state index in [9.17, 15) is 4.21 Å². The van der Waals surface area contributed by atoms with Gasteiger partial charge in [0.25, 0.3) is 0 Å². The Balaban J connectivity index is 1.90. The van der Waals surface area contributed by atoms with E-state index in [0.717, 1.165) is 42.2 Å². The van der Waals surface area contributed by atoms with Gasteiger partial charge >= 0.3 is 0 Å². The lowest BCUT2D eigenvalue weighted by Crippen LogP contribution is -2.38. The molecular formula is C12H17BrN2O2S. The van der Waals surface area contributed by atoms with E-state index < -0.39 is 10.8 Å². The van der Waals surface area contributed by atoms with Crippen molar-refractivity contribution < 1.29 is 8.95 Å². The molecule has 1 aliphatic rings. The van der Waals surface area contributed by atoms with Gasteiger partial charge in [0.2, 0.25) is 0 Å². The van der Waals surface area contributed by atoms with E-state index in [-0.39, 0.29) is 0 Å². The van der Waals surface area contributed by atoms with Crippen molar-refractivity contribution in [2.75, 3.05) is 44.3 Å². The van der Waals surface area contributed by atoms with Gasteiger partial charge in [0, 0.05) is 35.5 Å². The number of nitrogens with zero attached hydrogens (tertiary/aromatic N) is 1. The Kier molecular flexibility index (Phi) is 5.17. The Hall–Kier alpha value is -0.430. The van der Waals surface area contributed by atoms with Gasteiger partial charge in [-0.25, -0.2) is 0 Å². The van der Waals surface area contributed by atoms with E-state index in [2.05, 4.69) is 20.8 Å². The summed E-state index contributed by atoms with van der Waals surface area (Å²) < 4.78 is 18.3. The van der Waals surface area contributed by atoms with Crippen molar-refractivity contribution in [3.8, 4) is 0 Å². The maximum atomic E-state index is 12.2. The molecule has 6 heteroatoms. The van der Waals surface area contributed by atoms with Gasteiger partial charge in [-0.15, -0.1) is 0 Å². The quantitative estimate of drug-likeness (QED) is 0.848. The van der Waals surface area contributed by atoms with Gasteiger partial charge < -0.3 is 10.5 Å². The first-order chi connectivity index (χ1) is 8.66. The number of rotatable bonds is 4. The Morgan fingerprint density at radius 1 is 1.39 bits per heavy atom. The standard InChI is InChI=1S/C12H17BrN2O2S/c13-11-9-10(14)1-2-12(11)18(16)8-5-15-3-6-17-7-4-15/h1-2,9H,3-8,14H2. The number of hydrogen-bond donors (Lipinski definition) is 1. The fourth-order valence-electron chi connectivity index (χ4n) is 1.85. The third-order valence-electron chi connectivity index (χ3n) is 2.90. The first-order valence-electron chi connectivity index (χ1n) is 5.90. The number of anilines is 1. The van der Waals surface area contributed by atoms with E-state index in [1.807, 2.05) is 6.07 Å². The maximum absolute atomic E-state index is 12.2. The number of halogens is 1. The van der Waals surface area contributed by atoms with Crippen molar-refractivity contribution in [2.45, 2.75) is 4.90 Å². The number of ether oxygens (including phenoxy) is 1. The predicted octanol–water partition coefficient (Wildman–Crippen LogP) is 1.47. The number of hydrogen-bond acceptors (Lipinski definition) is 4. The Morgan fingerprint density at radius 2 is 2.11 bits per heavy atom. The van der Waals surface area contributed by atoms with Crippen LogP contribution in [0.2, 0.25) is 0 Å². The van der Waals surface area contributed by atoms with Crippen molar-refractivity contribution in [1.82, 2.24) is 4.90 Å². The Bertz CT molecular complexity index is 436. The molecule has 0 radical (unpaired) electrons. The zero-order chi connectivity index (χ0) is 13.0. The highest BCUT2D eigenvalue weighted by Crippen LogP contribution is 2.23. The predicted molar refractivity (Wildman–Crippen MR) is 77.1 cm³/mol. The summed E-state index contributed by atoms with van der Waals surface area (Å²) in [4.78, 5) is 3.10. The second-order valence-corrected chi connectivity index (χ2v) is 6.59. The SMILES string of the molecule is Nc1ccc(S(=O)CCN2CCOCC2)c(Br)c1. The Morgan fingerprint density at radius 3 is 2.78 bits per heavy atom. The van der Waals surface area contributed by atoms with E-state index in [0.29, 0.717) is 11.4 Å². The summed E-state index contributed by atoms with van der Waals surface area (Å²) in [6.07, 6.45) is 0. The molecule has 2 rings (SSSR count). The summed E-state index contributed by atoms with van der Waals surface area (Å²) in [7, 11) is -0.990. The minimum Gasteiger partial charge on any atom is -0.399 e. The van der Waals surface area contributed by atoms with Gasteiger partial charge in [-0.05, 0) is 34.1 Å². The molecule has 1 heterocycles. The minimum atomic E-state index is -0.990. The van der Waals surface area contributed by atoms with Crippen LogP contribution in [0.5, 0.6) is 0 Å². The molecule has 1 saturated heterocycles. The van der Waals surface area contributed by atoms with E-state index in [1.54, 1.807) is 12.1 Å². The average molecular weight is 333 g/mol. The molecule has 2 N–H and O–H groups in total. The topological polar surface area (TPSA) is 55.6 Å². The summed E-state index contributed by atoms with van der Waals surface area (Å²) in [6, 6.07) is 5.41. The highest BCUT2D eigenvalue weighted by molar-refractivity contribution is 9.10. The summed E-state index contributed by atoms with van der Waals surface area (Å²) in [6.45, 7) is 4.25. The van der Waals surface area contributed by atoms with Crippen LogP contribution in [-0.2, 0) is 15.5 Å². The van der Waals surface area contributed by atoms with E-state index >= 15 is 0 Å². The van der Waals surface area contributed by atoms with Gasteiger partial charge in [0.1, 0.15) is 0 Å². The number of benzene rings is 1. The van der Waals surface area contributed by atoms with Crippen LogP contribution < -0.4 is 5.73 Å². The monoisotopic (exact) mass is 332 g/mol. The second-order valence-electron chi connectivity index (χ2n) is 4.19. The van der Waals surface area contributed by atoms with Crippen LogP contribution in [0.25, 0.3) is 0 Å². The molecule has 1 unspecified atom stereocenters. The molecule has 0 aliphatic carbocycles. The highest BCUT2D eigenvalue weighted by atomic mass is 79.9. The average Bonchev–Trinajstić information content (AvgIpc) is 2.37. The van der Waals surface area contributed by atoms with Gasteiger partial charge in [0.05, 0.1) is 28.9 Å². The number of nitrogens with two attached hydrogens (primary N) is 1. The molecule has 18 heavy (non-hydrogen) atoms. The highest BCUT2D eigenvalue weighted by Gasteiger charge is 2.13. The minimum absolute atomic E-state index is 0.641. The lowest BCUT2D eigenvalue weighted by molar-refractivity contribution is 0.0409. The molecule has 1 aromatic carbocycles. The maximum Gasteiger partial charge on any atom is 0.0594 e. The van der Waals surface area contributed by atoms with Crippen LogP contribution in [0, 0.1) is 0 Å². The zero-order valence-corrected chi connectivity index (χ0v) is 12.5. The second kappa shape index (κ2) is 6.65. The lowest BCUT2D eigenvalue weighted by atomic mass is 10.3. The van der Waals surface area contributed by atoms with Crippen molar-refractivity contribution in [3.05, 3.63) is 22.7 Å². The van der Waals surface area contributed by atoms with Crippen LogP contribution in [-0.4, -0.2) is 47.7 Å². The molecule has 0 spiro atoms. The third-order valence-corrected chi connectivity index (χ3v) is 5.22. The lowest BCUT2D eigenvalue weighted by Gasteiger charge is -2.26. The van der Waals surface area contributed by atoms with E-state index in [1.165, 1.54) is 0 Å². The zero-order valence-electron chi connectivity index (χ0n) is 10.1. The Labute approximate surface area is 118 Å². The van der Waals surface area contributed by atoms with Crippen LogP contribution in [0.3, 0.4) is 0 Å². The van der Waals surface area contributed by atoms with Crippen molar-refractivity contribution in [3.63, 3.8) is 0 Å². The fourth-order valence-corrected chi connectivity index (χ4v) is 3.93. The summed E-state index contributed by atoms with van der Waals surface area (Å²) in [5, 5.41) is 0. The molecular weight excluding hydrogens is 316 g/mol. The molecule has 0 saturated carbocycles. The van der Waals surface area contributed by atoms with Gasteiger partial charge in [-0.3, -0.25) is 9.11 Å². The van der Waals surface area contributed by atoms with Crippen LogP contribution in [0.15, 0.2) is 27.6 Å². The van der Waals surface area contributed by atoms with Crippen LogP contribution in [0.4, 0.5) is 5.69 Å². The molecule has 0 amide bonds. The third kappa shape index (κ3) is 3.78. The smallest absolute Gasteiger partial charge is 0.0594 e. The van der Waals surface area contributed by atoms with Gasteiger partial charge in [-0.1, -0.05) is 0 Å². The fraction of sp³-hybridized carbons (Fsp3) is 0.500. The van der Waals surface area contributed by atoms with Crippen molar-refractivity contribution in [2.24, 2.45) is 0 Å². The van der Waals surface area contributed by atoms with E-state index in [4.69, 9.17) is 10.5 Å². The van der Waals surface area contributed by atoms with Crippen molar-refractivity contribution in [1.29, 1.82) is 0 Å². The largest absolute Gasteiger partial charge is 0.399 e. The molecule has 1 fully saturated rings. The molecule has 1 aromatic rings. The molecule has 100 valence electrons. The normalized spacial score (nSPS) is 18.7. The van der Waals surface area contributed by atoms with Crippen LogP contribution in [0.1, 0.15) is 0 Å².